The van der Waals surface area contributed by atoms with Crippen LogP contribution in [0.25, 0.3) is 0 Å². The second-order valence-electron chi connectivity index (χ2n) is 6.87. The topological polar surface area (TPSA) is 59.1 Å². The molecule has 1 aliphatic heterocycles. The largest absolute Gasteiger partial charge is 0.497 e. The van der Waals surface area contributed by atoms with Crippen LogP contribution in [0.4, 0.5) is 0 Å². The molecule has 0 spiro atoms. The molecule has 0 N–H and O–H groups in total. The Bertz CT molecular complexity index is 820. The minimum absolute atomic E-state index is 0.0621. The van der Waals surface area contributed by atoms with Crippen LogP contribution in [0, 0.1) is 0 Å². The molecule has 28 heavy (non-hydrogen) atoms. The van der Waals surface area contributed by atoms with Crippen LogP contribution in [0.15, 0.2) is 48.5 Å². The van der Waals surface area contributed by atoms with E-state index in [0.717, 1.165) is 30.0 Å². The van der Waals surface area contributed by atoms with Crippen molar-refractivity contribution in [3.63, 3.8) is 0 Å². The smallest absolute Gasteiger partial charge is 0.253 e. The third kappa shape index (κ3) is 5.03. The van der Waals surface area contributed by atoms with Gasteiger partial charge in [0.25, 0.3) is 5.91 Å². The number of hydrogen-bond acceptors (Lipinski definition) is 4. The lowest BCUT2D eigenvalue weighted by Crippen LogP contribution is -2.31. The highest BCUT2D eigenvalue weighted by Crippen LogP contribution is 2.18. The summed E-state index contributed by atoms with van der Waals surface area (Å²) < 4.78 is 10.8. The van der Waals surface area contributed by atoms with E-state index in [0.29, 0.717) is 31.7 Å². The summed E-state index contributed by atoms with van der Waals surface area (Å²) in [7, 11) is 3.38. The summed E-state index contributed by atoms with van der Waals surface area (Å²) in [4.78, 5) is 28.0. The molecule has 1 heterocycles. The number of nitrogens with zero attached hydrogens (tertiary/aromatic N) is 2. The summed E-state index contributed by atoms with van der Waals surface area (Å²) in [6.45, 7) is 2.22. The third-order valence-electron chi connectivity index (χ3n) is 4.82. The second kappa shape index (κ2) is 9.26. The zero-order valence-corrected chi connectivity index (χ0v) is 16.4. The average molecular weight is 382 g/mol. The minimum atomic E-state index is -0.0621. The van der Waals surface area contributed by atoms with E-state index < -0.39 is 0 Å². The number of methoxy groups -OCH3 is 1. The van der Waals surface area contributed by atoms with Crippen molar-refractivity contribution < 1.29 is 19.1 Å². The number of amides is 2. The Morgan fingerprint density at radius 2 is 1.89 bits per heavy atom. The number of rotatable bonds is 8. The van der Waals surface area contributed by atoms with Gasteiger partial charge in [0, 0.05) is 32.1 Å². The predicted molar refractivity (Wildman–Crippen MR) is 107 cm³/mol. The molecular formula is C22H26N2O4. The van der Waals surface area contributed by atoms with Crippen LogP contribution in [-0.2, 0) is 11.3 Å². The molecule has 0 aromatic heterocycles. The summed E-state index contributed by atoms with van der Waals surface area (Å²) in [6.07, 6.45) is 1.53. The monoisotopic (exact) mass is 382 g/mol. The molecule has 0 bridgehead atoms. The van der Waals surface area contributed by atoms with Crippen molar-refractivity contribution in [2.24, 2.45) is 0 Å². The van der Waals surface area contributed by atoms with Gasteiger partial charge in [0.1, 0.15) is 18.1 Å². The van der Waals surface area contributed by atoms with Crippen molar-refractivity contribution in [2.45, 2.75) is 19.4 Å². The molecule has 6 heteroatoms. The van der Waals surface area contributed by atoms with Crippen LogP contribution in [-0.4, -0.2) is 55.5 Å². The second-order valence-corrected chi connectivity index (χ2v) is 6.87. The lowest BCUT2D eigenvalue weighted by molar-refractivity contribution is -0.128. The number of ether oxygens (including phenoxy) is 2. The summed E-state index contributed by atoms with van der Waals surface area (Å²) in [5.41, 5.74) is 1.60. The minimum Gasteiger partial charge on any atom is -0.497 e. The van der Waals surface area contributed by atoms with Gasteiger partial charge in [-0.1, -0.05) is 12.1 Å². The van der Waals surface area contributed by atoms with Crippen molar-refractivity contribution in [2.75, 3.05) is 33.9 Å². The van der Waals surface area contributed by atoms with Gasteiger partial charge in [-0.2, -0.15) is 0 Å². The molecule has 148 valence electrons. The number of likely N-dealkylation sites (N-methyl/N-ethyl adjacent to an activating group) is 1. The van der Waals surface area contributed by atoms with E-state index in [2.05, 4.69) is 0 Å². The lowest BCUT2D eigenvalue weighted by atomic mass is 10.1. The van der Waals surface area contributed by atoms with Gasteiger partial charge in [-0.05, 0) is 48.4 Å². The van der Waals surface area contributed by atoms with Crippen LogP contribution >= 0.6 is 0 Å². The Hall–Kier alpha value is -3.02. The molecule has 2 aromatic carbocycles. The van der Waals surface area contributed by atoms with E-state index in [4.69, 9.17) is 9.47 Å². The summed E-state index contributed by atoms with van der Waals surface area (Å²) in [5, 5.41) is 0. The van der Waals surface area contributed by atoms with E-state index in [-0.39, 0.29) is 11.8 Å². The van der Waals surface area contributed by atoms with Crippen LogP contribution in [0.2, 0.25) is 0 Å². The average Bonchev–Trinajstić information content (AvgIpc) is 3.12. The van der Waals surface area contributed by atoms with Gasteiger partial charge in [0.15, 0.2) is 0 Å². The van der Waals surface area contributed by atoms with E-state index in [9.17, 15) is 9.59 Å². The number of benzene rings is 2. The van der Waals surface area contributed by atoms with Gasteiger partial charge in [0.2, 0.25) is 5.91 Å². The first kappa shape index (κ1) is 19.7. The maximum Gasteiger partial charge on any atom is 0.253 e. The summed E-state index contributed by atoms with van der Waals surface area (Å²) in [6, 6.07) is 14.8. The molecule has 3 rings (SSSR count). The van der Waals surface area contributed by atoms with Crippen molar-refractivity contribution in [3.05, 3.63) is 59.7 Å². The van der Waals surface area contributed by atoms with Crippen LogP contribution < -0.4 is 9.47 Å². The van der Waals surface area contributed by atoms with E-state index in [1.165, 1.54) is 0 Å². The van der Waals surface area contributed by atoms with Gasteiger partial charge in [-0.15, -0.1) is 0 Å². The maximum atomic E-state index is 12.7. The number of hydrogen-bond donors (Lipinski definition) is 0. The molecule has 0 unspecified atom stereocenters. The summed E-state index contributed by atoms with van der Waals surface area (Å²) in [5.74, 6) is 1.63. The summed E-state index contributed by atoms with van der Waals surface area (Å²) >= 11 is 0. The molecule has 0 saturated carbocycles. The Morgan fingerprint density at radius 1 is 1.14 bits per heavy atom. The van der Waals surface area contributed by atoms with Gasteiger partial charge in [-0.3, -0.25) is 9.59 Å². The predicted octanol–water partition coefficient (Wildman–Crippen LogP) is 2.97. The fraction of sp³-hybridized carbons (Fsp3) is 0.364. The van der Waals surface area contributed by atoms with Gasteiger partial charge in [-0.25, -0.2) is 0 Å². The first-order valence-electron chi connectivity index (χ1n) is 9.46. The highest BCUT2D eigenvalue weighted by Gasteiger charge is 2.20. The Kier molecular flexibility index (Phi) is 6.53. The van der Waals surface area contributed by atoms with Crippen LogP contribution in [0.5, 0.6) is 11.5 Å². The fourth-order valence-electron chi connectivity index (χ4n) is 3.19. The van der Waals surface area contributed by atoms with Crippen molar-refractivity contribution in [1.29, 1.82) is 0 Å². The standard InChI is InChI=1S/C22H26N2O4/c1-23(13-14-28-20-10-8-19(27-2)9-11-20)22(26)18-6-3-5-17(15-18)16-24-12-4-7-21(24)25/h3,5-6,8-11,15H,4,7,12-14,16H2,1-2H3. The molecule has 2 amide bonds. The molecule has 0 atom stereocenters. The molecule has 1 aliphatic rings. The van der Waals surface area contributed by atoms with Crippen LogP contribution in [0.1, 0.15) is 28.8 Å². The Morgan fingerprint density at radius 3 is 2.57 bits per heavy atom. The van der Waals surface area contributed by atoms with Crippen LogP contribution in [0.3, 0.4) is 0 Å². The maximum absolute atomic E-state index is 12.7. The van der Waals surface area contributed by atoms with Gasteiger partial charge in [0.05, 0.1) is 13.7 Å². The SMILES string of the molecule is COc1ccc(OCCN(C)C(=O)c2cccc(CN3CCCC3=O)c2)cc1. The molecular weight excluding hydrogens is 356 g/mol. The number of likely N-dealkylation sites (tertiary alicyclic amines) is 1. The van der Waals surface area contributed by atoms with Crippen molar-refractivity contribution >= 4 is 11.8 Å². The first-order valence-corrected chi connectivity index (χ1v) is 9.46. The molecule has 2 aromatic rings. The normalized spacial score (nSPS) is 13.5. The lowest BCUT2D eigenvalue weighted by Gasteiger charge is -2.19. The number of carbonyl (C=O) groups is 2. The third-order valence-corrected chi connectivity index (χ3v) is 4.82. The Balaban J connectivity index is 1.52. The van der Waals surface area contributed by atoms with Gasteiger partial charge >= 0.3 is 0 Å². The first-order chi connectivity index (χ1) is 13.6. The van der Waals surface area contributed by atoms with E-state index >= 15 is 0 Å². The van der Waals surface area contributed by atoms with Gasteiger partial charge < -0.3 is 19.3 Å². The van der Waals surface area contributed by atoms with E-state index in [1.807, 2.05) is 47.4 Å². The van der Waals surface area contributed by atoms with Crippen molar-refractivity contribution in [3.8, 4) is 11.5 Å². The zero-order valence-electron chi connectivity index (χ0n) is 16.4. The molecule has 0 aliphatic carbocycles. The quantitative estimate of drug-likeness (QED) is 0.704. The number of carbonyl (C=O) groups excluding carboxylic acids is 2. The van der Waals surface area contributed by atoms with E-state index in [1.54, 1.807) is 25.1 Å². The highest BCUT2D eigenvalue weighted by molar-refractivity contribution is 5.94. The Labute approximate surface area is 165 Å². The molecule has 1 fully saturated rings. The zero-order chi connectivity index (χ0) is 19.9. The molecule has 0 radical (unpaired) electrons. The highest BCUT2D eigenvalue weighted by atomic mass is 16.5. The molecule has 1 saturated heterocycles. The fourth-order valence-corrected chi connectivity index (χ4v) is 3.19. The van der Waals surface area contributed by atoms with Crippen molar-refractivity contribution in [1.82, 2.24) is 9.80 Å². The molecule has 6 nitrogen and oxygen atoms in total.